The van der Waals surface area contributed by atoms with E-state index in [0.29, 0.717) is 26.2 Å². The van der Waals surface area contributed by atoms with E-state index in [4.69, 9.17) is 4.74 Å². The number of sulfonamides is 1. The SMILES string of the molecule is COCCS(=O)(=O)N1CCN(c2cccc(O)c2)CC1. The number of phenolic OH excluding ortho intramolecular Hbond substituents is 1. The molecule has 1 aromatic rings. The lowest BCUT2D eigenvalue weighted by molar-refractivity contribution is 0.215. The number of nitrogens with zero attached hydrogens (tertiary/aromatic N) is 2. The van der Waals surface area contributed by atoms with Crippen LogP contribution in [0, 0.1) is 0 Å². The van der Waals surface area contributed by atoms with Crippen LogP contribution in [-0.4, -0.2) is 63.5 Å². The molecule has 0 radical (unpaired) electrons. The molecule has 0 atom stereocenters. The van der Waals surface area contributed by atoms with E-state index < -0.39 is 10.0 Å². The number of hydrogen-bond acceptors (Lipinski definition) is 5. The first-order chi connectivity index (χ1) is 9.53. The van der Waals surface area contributed by atoms with Crippen LogP contribution in [0.5, 0.6) is 5.75 Å². The number of rotatable bonds is 5. The Hall–Kier alpha value is -1.31. The van der Waals surface area contributed by atoms with Gasteiger partial charge in [0.1, 0.15) is 5.75 Å². The predicted octanol–water partition coefficient (Wildman–Crippen LogP) is 0.490. The van der Waals surface area contributed by atoms with Crippen molar-refractivity contribution >= 4 is 15.7 Å². The monoisotopic (exact) mass is 300 g/mol. The van der Waals surface area contributed by atoms with Crippen molar-refractivity contribution in [2.24, 2.45) is 0 Å². The quantitative estimate of drug-likeness (QED) is 0.857. The molecule has 0 aromatic heterocycles. The Labute approximate surface area is 119 Å². The summed E-state index contributed by atoms with van der Waals surface area (Å²) >= 11 is 0. The summed E-state index contributed by atoms with van der Waals surface area (Å²) in [5, 5.41) is 9.48. The highest BCUT2D eigenvalue weighted by molar-refractivity contribution is 7.89. The van der Waals surface area contributed by atoms with Gasteiger partial charge < -0.3 is 14.7 Å². The Balaban J connectivity index is 1.95. The van der Waals surface area contributed by atoms with Crippen LogP contribution in [0.25, 0.3) is 0 Å². The Morgan fingerprint density at radius 2 is 1.95 bits per heavy atom. The predicted molar refractivity (Wildman–Crippen MR) is 77.6 cm³/mol. The molecule has 2 rings (SSSR count). The molecule has 0 unspecified atom stereocenters. The highest BCUT2D eigenvalue weighted by Crippen LogP contribution is 2.21. The molecule has 1 aliphatic heterocycles. The fourth-order valence-corrected chi connectivity index (χ4v) is 3.59. The standard InChI is InChI=1S/C13H20N2O4S/c1-19-9-10-20(17,18)15-7-5-14(6-8-15)12-3-2-4-13(16)11-12/h2-4,11,16H,5-10H2,1H3. The molecule has 7 heteroatoms. The van der Waals surface area contributed by atoms with Crippen molar-refractivity contribution < 1.29 is 18.3 Å². The van der Waals surface area contributed by atoms with Crippen molar-refractivity contribution in [2.45, 2.75) is 0 Å². The Kier molecular flexibility index (Phi) is 4.85. The number of hydrogen-bond donors (Lipinski definition) is 1. The maximum absolute atomic E-state index is 12.0. The van der Waals surface area contributed by atoms with Crippen LogP contribution in [0.15, 0.2) is 24.3 Å². The zero-order valence-corrected chi connectivity index (χ0v) is 12.3. The average molecular weight is 300 g/mol. The van der Waals surface area contributed by atoms with Gasteiger partial charge in [0.05, 0.1) is 12.4 Å². The largest absolute Gasteiger partial charge is 0.508 e. The zero-order valence-electron chi connectivity index (χ0n) is 11.5. The number of methoxy groups -OCH3 is 1. The normalized spacial score (nSPS) is 17.4. The maximum atomic E-state index is 12.0. The molecular weight excluding hydrogens is 280 g/mol. The molecule has 112 valence electrons. The van der Waals surface area contributed by atoms with Crippen molar-refractivity contribution in [3.05, 3.63) is 24.3 Å². The summed E-state index contributed by atoms with van der Waals surface area (Å²) in [7, 11) is -1.73. The summed E-state index contributed by atoms with van der Waals surface area (Å²) in [6.45, 7) is 2.38. The minimum absolute atomic E-state index is 0.0234. The second-order valence-corrected chi connectivity index (χ2v) is 6.80. The maximum Gasteiger partial charge on any atom is 0.216 e. The van der Waals surface area contributed by atoms with E-state index in [1.54, 1.807) is 18.2 Å². The van der Waals surface area contributed by atoms with E-state index in [0.717, 1.165) is 5.69 Å². The van der Waals surface area contributed by atoms with Gasteiger partial charge in [-0.05, 0) is 12.1 Å². The number of piperazine rings is 1. The van der Waals surface area contributed by atoms with Gasteiger partial charge in [-0.2, -0.15) is 4.31 Å². The molecule has 1 saturated heterocycles. The van der Waals surface area contributed by atoms with E-state index in [9.17, 15) is 13.5 Å². The van der Waals surface area contributed by atoms with Crippen LogP contribution in [-0.2, 0) is 14.8 Å². The van der Waals surface area contributed by atoms with Gasteiger partial charge in [0.25, 0.3) is 0 Å². The van der Waals surface area contributed by atoms with Crippen LogP contribution in [0.2, 0.25) is 0 Å². The fraction of sp³-hybridized carbons (Fsp3) is 0.538. The molecule has 20 heavy (non-hydrogen) atoms. The van der Waals surface area contributed by atoms with E-state index in [2.05, 4.69) is 4.90 Å². The van der Waals surface area contributed by atoms with Gasteiger partial charge in [-0.3, -0.25) is 0 Å². The number of aromatic hydroxyl groups is 1. The molecule has 0 aliphatic carbocycles. The molecule has 0 bridgehead atoms. The Morgan fingerprint density at radius 3 is 2.55 bits per heavy atom. The van der Waals surface area contributed by atoms with Crippen molar-refractivity contribution in [3.63, 3.8) is 0 Å². The second kappa shape index (κ2) is 6.43. The van der Waals surface area contributed by atoms with Crippen molar-refractivity contribution in [2.75, 3.05) is 50.5 Å². The molecular formula is C13H20N2O4S. The third-order valence-electron chi connectivity index (χ3n) is 3.37. The van der Waals surface area contributed by atoms with Crippen molar-refractivity contribution in [1.82, 2.24) is 4.31 Å². The molecule has 0 spiro atoms. The third kappa shape index (κ3) is 3.62. The molecule has 0 amide bonds. The lowest BCUT2D eigenvalue weighted by Gasteiger charge is -2.35. The van der Waals surface area contributed by atoms with Crippen LogP contribution in [0.3, 0.4) is 0 Å². The minimum Gasteiger partial charge on any atom is -0.508 e. The van der Waals surface area contributed by atoms with Crippen molar-refractivity contribution in [1.29, 1.82) is 0 Å². The fourth-order valence-electron chi connectivity index (χ4n) is 2.23. The molecule has 1 N–H and O–H groups in total. The first kappa shape index (κ1) is 15.1. The molecule has 1 aromatic carbocycles. The average Bonchev–Trinajstić information content (AvgIpc) is 2.45. The van der Waals surface area contributed by atoms with Gasteiger partial charge >= 0.3 is 0 Å². The topological polar surface area (TPSA) is 70.1 Å². The van der Waals surface area contributed by atoms with Crippen molar-refractivity contribution in [3.8, 4) is 5.75 Å². The number of anilines is 1. The van der Waals surface area contributed by atoms with E-state index in [-0.39, 0.29) is 18.1 Å². The summed E-state index contributed by atoms with van der Waals surface area (Å²) in [6, 6.07) is 7.01. The van der Waals surface area contributed by atoms with Crippen LogP contribution < -0.4 is 4.90 Å². The Morgan fingerprint density at radius 1 is 1.25 bits per heavy atom. The second-order valence-electron chi connectivity index (χ2n) is 4.71. The van der Waals surface area contributed by atoms with Gasteiger partial charge in [0, 0.05) is 45.0 Å². The summed E-state index contributed by atoms with van der Waals surface area (Å²) in [4.78, 5) is 2.07. The molecule has 0 saturated carbocycles. The van der Waals surface area contributed by atoms with Crippen LogP contribution in [0.4, 0.5) is 5.69 Å². The van der Waals surface area contributed by atoms with Gasteiger partial charge in [-0.1, -0.05) is 6.07 Å². The van der Waals surface area contributed by atoms with E-state index in [1.165, 1.54) is 11.4 Å². The van der Waals surface area contributed by atoms with Gasteiger partial charge in [0.2, 0.25) is 10.0 Å². The van der Waals surface area contributed by atoms with Crippen LogP contribution in [0.1, 0.15) is 0 Å². The van der Waals surface area contributed by atoms with Gasteiger partial charge in [0.15, 0.2) is 0 Å². The van der Waals surface area contributed by atoms with Crippen LogP contribution >= 0.6 is 0 Å². The highest BCUT2D eigenvalue weighted by Gasteiger charge is 2.26. The summed E-state index contributed by atoms with van der Waals surface area (Å²) in [6.07, 6.45) is 0. The number of phenols is 1. The summed E-state index contributed by atoms with van der Waals surface area (Å²) in [5.41, 5.74) is 0.916. The molecule has 6 nitrogen and oxygen atoms in total. The molecule has 1 fully saturated rings. The van der Waals surface area contributed by atoms with Gasteiger partial charge in [-0.25, -0.2) is 8.42 Å². The zero-order chi connectivity index (χ0) is 14.6. The first-order valence-electron chi connectivity index (χ1n) is 6.53. The van der Waals surface area contributed by atoms with Gasteiger partial charge in [-0.15, -0.1) is 0 Å². The molecule has 1 heterocycles. The highest BCUT2D eigenvalue weighted by atomic mass is 32.2. The molecule has 1 aliphatic rings. The van der Waals surface area contributed by atoms with E-state index >= 15 is 0 Å². The minimum atomic E-state index is -3.23. The van der Waals surface area contributed by atoms with E-state index in [1.807, 2.05) is 6.07 Å². The lowest BCUT2D eigenvalue weighted by Crippen LogP contribution is -2.49. The third-order valence-corrected chi connectivity index (χ3v) is 5.21. The number of ether oxygens (including phenoxy) is 1. The first-order valence-corrected chi connectivity index (χ1v) is 8.14. The lowest BCUT2D eigenvalue weighted by atomic mass is 10.2. The number of benzene rings is 1. The Bertz CT molecular complexity index is 539. The summed E-state index contributed by atoms with van der Waals surface area (Å²) < 4.78 is 30.4. The summed E-state index contributed by atoms with van der Waals surface area (Å²) in [5.74, 6) is 0.243. The smallest absolute Gasteiger partial charge is 0.216 e.